The zero-order chi connectivity index (χ0) is 14.1. The minimum Gasteiger partial charge on any atom is -0.207 e. The second-order valence-electron chi connectivity index (χ2n) is 4.47. The van der Waals surface area contributed by atoms with E-state index in [1.165, 1.54) is 4.31 Å². The first-order valence-corrected chi connectivity index (χ1v) is 8.31. The van der Waals surface area contributed by atoms with Crippen molar-refractivity contribution < 1.29 is 8.42 Å². The van der Waals surface area contributed by atoms with Gasteiger partial charge in [0.25, 0.3) is 0 Å². The lowest BCUT2D eigenvalue weighted by Crippen LogP contribution is -2.33. The number of hydrogen-bond acceptors (Lipinski definition) is 2. The molecule has 0 N–H and O–H groups in total. The van der Waals surface area contributed by atoms with Crippen LogP contribution in [-0.4, -0.2) is 25.8 Å². The smallest absolute Gasteiger partial charge is 0.207 e. The molecule has 0 heterocycles. The van der Waals surface area contributed by atoms with E-state index in [0.29, 0.717) is 10.4 Å². The van der Waals surface area contributed by atoms with Crippen molar-refractivity contribution in [3.63, 3.8) is 0 Å². The summed E-state index contributed by atoms with van der Waals surface area (Å²) in [6.07, 6.45) is 0. The fourth-order valence-corrected chi connectivity index (χ4v) is 4.06. The second-order valence-corrected chi connectivity index (χ2v) is 7.50. The van der Waals surface area contributed by atoms with E-state index in [9.17, 15) is 8.42 Å². The third-order valence-electron chi connectivity index (χ3n) is 2.82. The quantitative estimate of drug-likeness (QED) is 0.776. The molecule has 1 rings (SSSR count). The van der Waals surface area contributed by atoms with Crippen molar-refractivity contribution in [1.82, 2.24) is 4.31 Å². The van der Waals surface area contributed by atoms with Crippen LogP contribution in [0.5, 0.6) is 0 Å². The van der Waals surface area contributed by atoms with Gasteiger partial charge in [-0.15, -0.1) is 11.6 Å². The van der Waals surface area contributed by atoms with Gasteiger partial charge in [-0.05, 0) is 53.9 Å². The fourth-order valence-electron chi connectivity index (χ4n) is 1.51. The highest BCUT2D eigenvalue weighted by molar-refractivity contribution is 9.10. The first kappa shape index (κ1) is 16.0. The van der Waals surface area contributed by atoms with Gasteiger partial charge < -0.3 is 0 Å². The molecule has 0 fully saturated rings. The summed E-state index contributed by atoms with van der Waals surface area (Å²) < 4.78 is 26.9. The molecule has 1 aromatic carbocycles. The van der Waals surface area contributed by atoms with Crippen LogP contribution in [0, 0.1) is 6.92 Å². The molecule has 0 bridgehead atoms. The number of alkyl halides is 1. The number of sulfonamides is 1. The third-order valence-corrected chi connectivity index (χ3v) is 6.50. The van der Waals surface area contributed by atoms with Crippen molar-refractivity contribution >= 4 is 37.6 Å². The molecule has 0 spiro atoms. The average Bonchev–Trinajstić information content (AvgIpc) is 2.30. The van der Waals surface area contributed by atoms with Crippen molar-refractivity contribution in [1.29, 1.82) is 0 Å². The molecule has 1 aromatic rings. The van der Waals surface area contributed by atoms with E-state index < -0.39 is 10.0 Å². The summed E-state index contributed by atoms with van der Waals surface area (Å²) in [6, 6.07) is 3.41. The molecule has 0 aromatic heterocycles. The van der Waals surface area contributed by atoms with Gasteiger partial charge in [-0.25, -0.2) is 8.42 Å². The summed E-state index contributed by atoms with van der Waals surface area (Å²) >= 11 is 9.14. The first-order valence-electron chi connectivity index (χ1n) is 5.54. The lowest BCUT2D eigenvalue weighted by molar-refractivity contribution is 0.410. The molecular formula is C12H17BrClNO2S. The lowest BCUT2D eigenvalue weighted by atomic mass is 10.2. The minimum absolute atomic E-state index is 0.0955. The van der Waals surface area contributed by atoms with Gasteiger partial charge in [0, 0.05) is 23.4 Å². The summed E-state index contributed by atoms with van der Waals surface area (Å²) in [5.41, 5.74) is 1.66. The normalized spacial score (nSPS) is 12.4. The van der Waals surface area contributed by atoms with E-state index in [0.717, 1.165) is 11.1 Å². The Bertz CT molecular complexity index is 543. The molecule has 0 saturated carbocycles. The SMILES string of the molecule is Cc1cc(CCl)cc(S(=O)(=O)N(C)C(C)C)c1Br. The average molecular weight is 355 g/mol. The Hall–Kier alpha value is -0.100. The molecule has 18 heavy (non-hydrogen) atoms. The van der Waals surface area contributed by atoms with Crippen LogP contribution in [0.15, 0.2) is 21.5 Å². The molecule has 0 saturated heterocycles. The van der Waals surface area contributed by atoms with Crippen LogP contribution in [0.4, 0.5) is 0 Å². The molecular weight excluding hydrogens is 338 g/mol. The van der Waals surface area contributed by atoms with Gasteiger partial charge in [0.2, 0.25) is 10.0 Å². The van der Waals surface area contributed by atoms with Gasteiger partial charge in [-0.3, -0.25) is 0 Å². The summed E-state index contributed by atoms with van der Waals surface area (Å²) in [4.78, 5) is 0.273. The summed E-state index contributed by atoms with van der Waals surface area (Å²) in [5.74, 6) is 0.294. The molecule has 0 unspecified atom stereocenters. The number of halogens is 2. The number of rotatable bonds is 4. The van der Waals surface area contributed by atoms with E-state index in [1.807, 2.05) is 26.8 Å². The largest absolute Gasteiger partial charge is 0.244 e. The van der Waals surface area contributed by atoms with Crippen molar-refractivity contribution in [3.05, 3.63) is 27.7 Å². The highest BCUT2D eigenvalue weighted by atomic mass is 79.9. The fraction of sp³-hybridized carbons (Fsp3) is 0.500. The van der Waals surface area contributed by atoms with E-state index in [1.54, 1.807) is 13.1 Å². The summed E-state index contributed by atoms with van der Waals surface area (Å²) in [7, 11) is -1.92. The molecule has 3 nitrogen and oxygen atoms in total. The monoisotopic (exact) mass is 353 g/mol. The van der Waals surface area contributed by atoms with Crippen molar-refractivity contribution in [2.45, 2.75) is 37.6 Å². The minimum atomic E-state index is -3.50. The first-order chi connectivity index (χ1) is 8.21. The molecule has 102 valence electrons. The zero-order valence-electron chi connectivity index (χ0n) is 10.9. The lowest BCUT2D eigenvalue weighted by Gasteiger charge is -2.22. The van der Waals surface area contributed by atoms with E-state index in [2.05, 4.69) is 15.9 Å². The van der Waals surface area contributed by atoms with Crippen LogP contribution < -0.4 is 0 Å². The predicted molar refractivity (Wildman–Crippen MR) is 78.5 cm³/mol. The standard InChI is InChI=1S/C12H17BrClNO2S/c1-8(2)15(4)18(16,17)11-6-10(7-14)5-9(3)12(11)13/h5-6,8H,7H2,1-4H3. The Labute approximate surface area is 122 Å². The maximum atomic E-state index is 12.5. The molecule has 0 atom stereocenters. The van der Waals surface area contributed by atoms with Crippen LogP contribution in [0.3, 0.4) is 0 Å². The van der Waals surface area contributed by atoms with Crippen molar-refractivity contribution in [2.24, 2.45) is 0 Å². The van der Waals surface area contributed by atoms with Gasteiger partial charge in [-0.1, -0.05) is 6.07 Å². The molecule has 6 heteroatoms. The Kier molecular flexibility index (Phi) is 5.23. The van der Waals surface area contributed by atoms with E-state index >= 15 is 0 Å². The van der Waals surface area contributed by atoms with Gasteiger partial charge in [0.15, 0.2) is 0 Å². The van der Waals surface area contributed by atoms with Crippen LogP contribution >= 0.6 is 27.5 Å². The van der Waals surface area contributed by atoms with Gasteiger partial charge in [0.05, 0.1) is 4.90 Å². The van der Waals surface area contributed by atoms with Crippen LogP contribution in [0.1, 0.15) is 25.0 Å². The van der Waals surface area contributed by atoms with E-state index in [-0.39, 0.29) is 10.9 Å². The topological polar surface area (TPSA) is 37.4 Å². The van der Waals surface area contributed by atoms with E-state index in [4.69, 9.17) is 11.6 Å². The molecule has 0 aliphatic heterocycles. The van der Waals surface area contributed by atoms with Gasteiger partial charge in [-0.2, -0.15) is 4.31 Å². The highest BCUT2D eigenvalue weighted by Crippen LogP contribution is 2.30. The number of benzene rings is 1. The zero-order valence-corrected chi connectivity index (χ0v) is 14.0. The Morgan fingerprint density at radius 1 is 1.39 bits per heavy atom. The van der Waals surface area contributed by atoms with Gasteiger partial charge >= 0.3 is 0 Å². The summed E-state index contributed by atoms with van der Waals surface area (Å²) in [6.45, 7) is 5.53. The Balaban J connectivity index is 3.45. The van der Waals surface area contributed by atoms with Gasteiger partial charge in [0.1, 0.15) is 0 Å². The van der Waals surface area contributed by atoms with Crippen LogP contribution in [-0.2, 0) is 15.9 Å². The number of nitrogens with zero attached hydrogens (tertiary/aromatic N) is 1. The Morgan fingerprint density at radius 3 is 2.39 bits per heavy atom. The number of hydrogen-bond donors (Lipinski definition) is 0. The van der Waals surface area contributed by atoms with Crippen molar-refractivity contribution in [3.8, 4) is 0 Å². The number of aryl methyl sites for hydroxylation is 1. The van der Waals surface area contributed by atoms with Crippen LogP contribution in [0.25, 0.3) is 0 Å². The molecule has 0 amide bonds. The molecule has 0 aliphatic rings. The summed E-state index contributed by atoms with van der Waals surface area (Å²) in [5, 5.41) is 0. The third kappa shape index (κ3) is 3.07. The highest BCUT2D eigenvalue weighted by Gasteiger charge is 2.26. The van der Waals surface area contributed by atoms with Crippen LogP contribution in [0.2, 0.25) is 0 Å². The Morgan fingerprint density at radius 2 is 1.94 bits per heavy atom. The molecule has 0 radical (unpaired) electrons. The maximum Gasteiger partial charge on any atom is 0.244 e. The molecule has 0 aliphatic carbocycles. The van der Waals surface area contributed by atoms with Crippen molar-refractivity contribution in [2.75, 3.05) is 7.05 Å². The predicted octanol–water partition coefficient (Wildman–Crippen LogP) is 3.53. The maximum absolute atomic E-state index is 12.5. The second kappa shape index (κ2) is 5.90.